The van der Waals surface area contributed by atoms with Crippen LogP contribution in [0.25, 0.3) is 0 Å². The molecule has 1 aliphatic carbocycles. The highest BCUT2D eigenvalue weighted by Crippen LogP contribution is 2.45. The number of primary amides is 1. The first-order valence-corrected chi connectivity index (χ1v) is 8.47. The van der Waals surface area contributed by atoms with Crippen LogP contribution < -0.4 is 11.1 Å². The van der Waals surface area contributed by atoms with Gasteiger partial charge in [0, 0.05) is 18.3 Å². The molecule has 2 fully saturated rings. The molecule has 1 aliphatic heterocycles. The Bertz CT molecular complexity index is 406. The topological polar surface area (TPSA) is 75.4 Å². The number of nitrogens with one attached hydrogen (secondary N) is 1. The molecule has 2 aliphatic rings. The van der Waals surface area contributed by atoms with E-state index in [2.05, 4.69) is 31.8 Å². The highest BCUT2D eigenvalue weighted by Gasteiger charge is 2.55. The van der Waals surface area contributed by atoms with Gasteiger partial charge in [-0.15, -0.1) is 0 Å². The summed E-state index contributed by atoms with van der Waals surface area (Å²) in [5, 5.41) is 3.57. The van der Waals surface area contributed by atoms with E-state index < -0.39 is 11.9 Å². The highest BCUT2D eigenvalue weighted by atomic mass is 32.1. The summed E-state index contributed by atoms with van der Waals surface area (Å²) in [6.45, 7) is 6.09. The summed E-state index contributed by atoms with van der Waals surface area (Å²) in [6.07, 6.45) is 3.90. The van der Waals surface area contributed by atoms with Crippen molar-refractivity contribution in [3.8, 4) is 0 Å². The molecule has 0 aromatic rings. The Morgan fingerprint density at radius 1 is 1.48 bits per heavy atom. The summed E-state index contributed by atoms with van der Waals surface area (Å²) in [6, 6.07) is -0.0278. The predicted octanol–water partition coefficient (Wildman–Crippen LogP) is 0.787. The summed E-state index contributed by atoms with van der Waals surface area (Å²) in [7, 11) is 0. The first-order valence-electron chi connectivity index (χ1n) is 7.84. The van der Waals surface area contributed by atoms with Gasteiger partial charge >= 0.3 is 0 Å². The van der Waals surface area contributed by atoms with Crippen LogP contribution in [0, 0.1) is 11.3 Å². The number of hydrogen-bond donors (Lipinski definition) is 3. The minimum Gasteiger partial charge on any atom is -0.368 e. The molecule has 1 saturated heterocycles. The van der Waals surface area contributed by atoms with Crippen molar-refractivity contribution in [1.29, 1.82) is 0 Å². The molecular formula is C15H27N3O2S. The van der Waals surface area contributed by atoms with E-state index in [0.717, 1.165) is 32.2 Å². The van der Waals surface area contributed by atoms with Gasteiger partial charge in [-0.3, -0.25) is 9.59 Å². The molecule has 5 nitrogen and oxygen atoms in total. The Morgan fingerprint density at radius 3 is 2.52 bits per heavy atom. The standard InChI is InChI=1S/C15H27N3O2S/c1-10(2)7-17-11-3-5-15(6-4-11)9-18(14(15)20)12(8-21)13(16)19/h10-12,17,21H,3-9H2,1-2H3,(H2,16,19)/t11?,12-,15?/m0/s1. The predicted molar refractivity (Wildman–Crippen MR) is 86.1 cm³/mol. The van der Waals surface area contributed by atoms with Gasteiger partial charge in [0.25, 0.3) is 0 Å². The molecule has 21 heavy (non-hydrogen) atoms. The van der Waals surface area contributed by atoms with Crippen molar-refractivity contribution in [1.82, 2.24) is 10.2 Å². The zero-order valence-corrected chi connectivity index (χ0v) is 13.9. The van der Waals surface area contributed by atoms with E-state index in [-0.39, 0.29) is 11.3 Å². The van der Waals surface area contributed by atoms with Gasteiger partial charge in [-0.05, 0) is 38.1 Å². The summed E-state index contributed by atoms with van der Waals surface area (Å²) in [5.41, 5.74) is 5.11. The fourth-order valence-electron chi connectivity index (χ4n) is 3.42. The van der Waals surface area contributed by atoms with Crippen molar-refractivity contribution >= 4 is 24.4 Å². The van der Waals surface area contributed by atoms with E-state index in [1.54, 1.807) is 4.90 Å². The van der Waals surface area contributed by atoms with Gasteiger partial charge in [-0.1, -0.05) is 13.8 Å². The lowest BCUT2D eigenvalue weighted by Gasteiger charge is -2.53. The molecule has 6 heteroatoms. The first-order chi connectivity index (χ1) is 9.89. The zero-order chi connectivity index (χ0) is 15.6. The van der Waals surface area contributed by atoms with Crippen LogP contribution in [-0.2, 0) is 9.59 Å². The average Bonchev–Trinajstić information content (AvgIpc) is 2.45. The molecule has 0 radical (unpaired) electrons. The smallest absolute Gasteiger partial charge is 0.241 e. The molecule has 1 saturated carbocycles. The third kappa shape index (κ3) is 3.37. The van der Waals surface area contributed by atoms with Gasteiger partial charge in [0.2, 0.25) is 11.8 Å². The molecule has 0 aromatic carbocycles. The van der Waals surface area contributed by atoms with Gasteiger partial charge in [0.1, 0.15) is 6.04 Å². The maximum absolute atomic E-state index is 12.5. The lowest BCUT2D eigenvalue weighted by Crippen LogP contribution is -2.68. The monoisotopic (exact) mass is 313 g/mol. The van der Waals surface area contributed by atoms with Crippen LogP contribution in [-0.4, -0.2) is 47.6 Å². The van der Waals surface area contributed by atoms with Gasteiger partial charge in [-0.25, -0.2) is 0 Å². The molecule has 120 valence electrons. The van der Waals surface area contributed by atoms with E-state index in [1.165, 1.54) is 0 Å². The number of carbonyl (C=O) groups is 2. The van der Waals surface area contributed by atoms with Crippen LogP contribution in [0.5, 0.6) is 0 Å². The van der Waals surface area contributed by atoms with Crippen molar-refractivity contribution in [3.63, 3.8) is 0 Å². The molecular weight excluding hydrogens is 286 g/mol. The summed E-state index contributed by atoms with van der Waals surface area (Å²) in [5.74, 6) is 0.590. The highest BCUT2D eigenvalue weighted by molar-refractivity contribution is 7.80. The number of thiol groups is 1. The molecule has 2 amide bonds. The maximum Gasteiger partial charge on any atom is 0.241 e. The van der Waals surface area contributed by atoms with Crippen LogP contribution in [0.1, 0.15) is 39.5 Å². The Morgan fingerprint density at radius 2 is 2.10 bits per heavy atom. The number of carbonyl (C=O) groups excluding carboxylic acids is 2. The Kier molecular flexibility index (Phi) is 5.20. The third-order valence-corrected chi connectivity index (χ3v) is 5.17. The average molecular weight is 313 g/mol. The summed E-state index contributed by atoms with van der Waals surface area (Å²) in [4.78, 5) is 25.4. The van der Waals surface area contributed by atoms with Gasteiger partial charge in [0.05, 0.1) is 5.41 Å². The Hall–Kier alpha value is -0.750. The largest absolute Gasteiger partial charge is 0.368 e. The minimum absolute atomic E-state index is 0.0997. The summed E-state index contributed by atoms with van der Waals surface area (Å²) >= 11 is 4.13. The molecule has 0 bridgehead atoms. The fourth-order valence-corrected chi connectivity index (χ4v) is 3.80. The van der Waals surface area contributed by atoms with Gasteiger partial charge in [-0.2, -0.15) is 12.6 Å². The molecule has 0 aromatic heterocycles. The number of hydrogen-bond acceptors (Lipinski definition) is 4. The first kappa shape index (κ1) is 16.6. The van der Waals surface area contributed by atoms with E-state index >= 15 is 0 Å². The van der Waals surface area contributed by atoms with Gasteiger partial charge < -0.3 is 16.0 Å². The van der Waals surface area contributed by atoms with Crippen molar-refractivity contribution in [2.45, 2.75) is 51.6 Å². The zero-order valence-electron chi connectivity index (χ0n) is 13.0. The lowest BCUT2D eigenvalue weighted by molar-refractivity contribution is -0.170. The number of likely N-dealkylation sites (tertiary alicyclic amines) is 1. The second-order valence-corrected chi connectivity index (χ2v) is 7.26. The van der Waals surface area contributed by atoms with Crippen LogP contribution >= 0.6 is 12.6 Å². The molecule has 0 unspecified atom stereocenters. The maximum atomic E-state index is 12.5. The van der Waals surface area contributed by atoms with Crippen LogP contribution in [0.4, 0.5) is 0 Å². The van der Waals surface area contributed by atoms with E-state index in [0.29, 0.717) is 24.3 Å². The van der Waals surface area contributed by atoms with E-state index in [1.807, 2.05) is 0 Å². The van der Waals surface area contributed by atoms with Crippen molar-refractivity contribution in [3.05, 3.63) is 0 Å². The van der Waals surface area contributed by atoms with Crippen molar-refractivity contribution < 1.29 is 9.59 Å². The molecule has 1 heterocycles. The number of rotatable bonds is 6. The second kappa shape index (κ2) is 6.57. The number of amides is 2. The minimum atomic E-state index is -0.553. The quantitative estimate of drug-likeness (QED) is 0.501. The van der Waals surface area contributed by atoms with Gasteiger partial charge in [0.15, 0.2) is 0 Å². The number of β-lactam (4-membered cyclic amide) rings is 1. The van der Waals surface area contributed by atoms with Crippen molar-refractivity contribution in [2.75, 3.05) is 18.8 Å². The third-order valence-electron chi connectivity index (χ3n) is 4.82. The second-order valence-electron chi connectivity index (χ2n) is 6.89. The summed E-state index contributed by atoms with van der Waals surface area (Å²) < 4.78 is 0. The normalized spacial score (nSPS) is 30.6. The number of nitrogens with two attached hydrogens (primary N) is 1. The molecule has 1 spiro atoms. The Labute approximate surface area is 132 Å². The lowest BCUT2D eigenvalue weighted by atomic mass is 9.66. The van der Waals surface area contributed by atoms with E-state index in [9.17, 15) is 9.59 Å². The fraction of sp³-hybridized carbons (Fsp3) is 0.867. The van der Waals surface area contributed by atoms with Crippen LogP contribution in [0.2, 0.25) is 0 Å². The van der Waals surface area contributed by atoms with E-state index in [4.69, 9.17) is 5.73 Å². The Balaban J connectivity index is 1.85. The van der Waals surface area contributed by atoms with Crippen LogP contribution in [0.3, 0.4) is 0 Å². The van der Waals surface area contributed by atoms with Crippen LogP contribution in [0.15, 0.2) is 0 Å². The molecule has 2 rings (SSSR count). The van der Waals surface area contributed by atoms with Crippen molar-refractivity contribution in [2.24, 2.45) is 17.1 Å². The molecule has 3 N–H and O–H groups in total. The number of nitrogens with zero attached hydrogens (tertiary/aromatic N) is 1. The SMILES string of the molecule is CC(C)CNC1CCC2(CC1)CN([C@@H](CS)C(N)=O)C2=O. The molecule has 1 atom stereocenters.